The van der Waals surface area contributed by atoms with Crippen molar-refractivity contribution in [2.75, 3.05) is 19.3 Å². The molecule has 0 N–H and O–H groups in total. The van der Waals surface area contributed by atoms with Gasteiger partial charge in [0.15, 0.2) is 9.84 Å². The van der Waals surface area contributed by atoms with Crippen LogP contribution in [0.1, 0.15) is 23.7 Å². The van der Waals surface area contributed by atoms with Crippen LogP contribution in [0.4, 0.5) is 0 Å². The number of hydrogen-bond acceptors (Lipinski definition) is 4. The molecule has 0 aliphatic carbocycles. The van der Waals surface area contributed by atoms with Gasteiger partial charge in [-0.05, 0) is 18.6 Å². The summed E-state index contributed by atoms with van der Waals surface area (Å²) in [5.41, 5.74) is 0.100. The van der Waals surface area contributed by atoms with Gasteiger partial charge in [-0.15, -0.1) is 0 Å². The van der Waals surface area contributed by atoms with E-state index in [0.717, 1.165) is 6.26 Å². The van der Waals surface area contributed by atoms with E-state index >= 15 is 0 Å². The van der Waals surface area contributed by atoms with Crippen molar-refractivity contribution < 1.29 is 18.0 Å². The highest BCUT2D eigenvalue weighted by molar-refractivity contribution is 7.90. The summed E-state index contributed by atoms with van der Waals surface area (Å²) < 4.78 is 23.5. The molecule has 0 saturated carbocycles. The van der Waals surface area contributed by atoms with Crippen LogP contribution in [-0.4, -0.2) is 49.6 Å². The average Bonchev–Trinajstić information content (AvgIpc) is 2.86. The Morgan fingerprint density at radius 2 is 1.70 bits per heavy atom. The summed E-state index contributed by atoms with van der Waals surface area (Å²) in [6, 6.07) is 6.04. The molecular formula is C13H16N2O4S. The molecular weight excluding hydrogens is 280 g/mol. The number of sulfone groups is 1. The Morgan fingerprint density at radius 1 is 1.10 bits per heavy atom. The Kier molecular flexibility index (Phi) is 3.80. The molecule has 7 heteroatoms. The first kappa shape index (κ1) is 14.5. The summed E-state index contributed by atoms with van der Waals surface area (Å²) in [7, 11) is -3.50. The predicted octanol–water partition coefficient (Wildman–Crippen LogP) is 0.700. The van der Waals surface area contributed by atoms with Gasteiger partial charge in [-0.1, -0.05) is 12.1 Å². The summed E-state index contributed by atoms with van der Waals surface area (Å²) in [5, 5.41) is 2.66. The van der Waals surface area contributed by atoms with Crippen LogP contribution in [-0.2, 0) is 14.6 Å². The maximum Gasteiger partial charge on any atom is 0.273 e. The Bertz CT molecular complexity index is 654. The number of rotatable bonds is 2. The molecule has 2 amide bonds. The minimum atomic E-state index is -3.50. The van der Waals surface area contributed by atoms with Gasteiger partial charge in [0.05, 0.1) is 10.5 Å². The van der Waals surface area contributed by atoms with Crippen molar-refractivity contribution in [2.24, 2.45) is 0 Å². The molecule has 0 unspecified atom stereocenters. The van der Waals surface area contributed by atoms with Crippen molar-refractivity contribution in [2.45, 2.75) is 18.2 Å². The average molecular weight is 296 g/mol. The zero-order valence-electron chi connectivity index (χ0n) is 11.4. The van der Waals surface area contributed by atoms with Crippen molar-refractivity contribution in [3.05, 3.63) is 29.8 Å². The lowest BCUT2D eigenvalue weighted by atomic mass is 10.2. The van der Waals surface area contributed by atoms with Crippen LogP contribution in [0.25, 0.3) is 0 Å². The molecule has 0 radical (unpaired) electrons. The topological polar surface area (TPSA) is 74.8 Å². The minimum absolute atomic E-state index is 0.0135. The van der Waals surface area contributed by atoms with E-state index < -0.39 is 15.7 Å². The molecule has 1 aliphatic heterocycles. The highest BCUT2D eigenvalue weighted by atomic mass is 32.2. The monoisotopic (exact) mass is 296 g/mol. The van der Waals surface area contributed by atoms with E-state index in [1.807, 2.05) is 0 Å². The van der Waals surface area contributed by atoms with Gasteiger partial charge in [0, 0.05) is 26.3 Å². The van der Waals surface area contributed by atoms with Crippen LogP contribution in [0.5, 0.6) is 0 Å². The van der Waals surface area contributed by atoms with Crippen molar-refractivity contribution in [3.8, 4) is 0 Å². The van der Waals surface area contributed by atoms with Gasteiger partial charge in [-0.3, -0.25) is 14.6 Å². The van der Waals surface area contributed by atoms with Gasteiger partial charge in [-0.2, -0.15) is 0 Å². The predicted molar refractivity (Wildman–Crippen MR) is 72.6 cm³/mol. The molecule has 1 heterocycles. The van der Waals surface area contributed by atoms with Crippen LogP contribution in [0.3, 0.4) is 0 Å². The number of carbonyl (C=O) groups excluding carboxylic acids is 2. The molecule has 0 bridgehead atoms. The lowest BCUT2D eigenvalue weighted by Gasteiger charge is -2.27. The van der Waals surface area contributed by atoms with E-state index in [-0.39, 0.29) is 16.4 Å². The van der Waals surface area contributed by atoms with Gasteiger partial charge < -0.3 is 0 Å². The zero-order chi connectivity index (χ0) is 14.9. The second-order valence-electron chi connectivity index (χ2n) is 4.69. The summed E-state index contributed by atoms with van der Waals surface area (Å²) in [6.07, 6.45) is 1.75. The van der Waals surface area contributed by atoms with Gasteiger partial charge in [0.1, 0.15) is 0 Å². The lowest BCUT2D eigenvalue weighted by molar-refractivity contribution is -0.138. The molecule has 1 aliphatic rings. The number of hydrogen-bond donors (Lipinski definition) is 0. The Morgan fingerprint density at radius 3 is 2.30 bits per heavy atom. The van der Waals surface area contributed by atoms with Crippen molar-refractivity contribution in [1.82, 2.24) is 10.0 Å². The normalized spacial score (nSPS) is 15.5. The summed E-state index contributed by atoms with van der Waals surface area (Å²) in [5.74, 6) is -0.689. The fraction of sp³-hybridized carbons (Fsp3) is 0.385. The van der Waals surface area contributed by atoms with Crippen LogP contribution in [0.15, 0.2) is 29.2 Å². The third-order valence-corrected chi connectivity index (χ3v) is 4.30. The van der Waals surface area contributed by atoms with Crippen LogP contribution in [0.2, 0.25) is 0 Å². The van der Waals surface area contributed by atoms with Crippen molar-refractivity contribution in [3.63, 3.8) is 0 Å². The number of amides is 2. The molecule has 6 nitrogen and oxygen atoms in total. The van der Waals surface area contributed by atoms with Crippen LogP contribution >= 0.6 is 0 Å². The first-order chi connectivity index (χ1) is 9.32. The maximum atomic E-state index is 12.5. The van der Waals surface area contributed by atoms with E-state index in [1.54, 1.807) is 12.1 Å². The number of benzene rings is 1. The second kappa shape index (κ2) is 5.24. The van der Waals surface area contributed by atoms with Gasteiger partial charge >= 0.3 is 0 Å². The smallest absolute Gasteiger partial charge is 0.273 e. The van der Waals surface area contributed by atoms with Crippen LogP contribution in [0, 0.1) is 0 Å². The van der Waals surface area contributed by atoms with E-state index in [0.29, 0.717) is 19.5 Å². The number of carbonyl (C=O) groups is 2. The van der Waals surface area contributed by atoms with Gasteiger partial charge in [0.25, 0.3) is 5.91 Å². The third kappa shape index (κ3) is 2.67. The molecule has 1 aromatic rings. The van der Waals surface area contributed by atoms with Crippen molar-refractivity contribution in [1.29, 1.82) is 0 Å². The minimum Gasteiger partial charge on any atom is -0.273 e. The summed E-state index contributed by atoms with van der Waals surface area (Å²) in [6.45, 7) is 2.27. The standard InChI is InChI=1S/C13H16N2O4S/c1-10(16)14-8-5-9-15(14)13(17)11-6-3-4-7-12(11)20(2,18)19/h3-4,6-7H,5,8-9H2,1-2H3. The van der Waals surface area contributed by atoms with E-state index in [9.17, 15) is 18.0 Å². The number of hydrazine groups is 1. The van der Waals surface area contributed by atoms with Crippen molar-refractivity contribution >= 4 is 21.7 Å². The van der Waals surface area contributed by atoms with E-state index in [4.69, 9.17) is 0 Å². The molecule has 1 aromatic carbocycles. The summed E-state index contributed by atoms with van der Waals surface area (Å²) in [4.78, 5) is 24.0. The Hall–Kier alpha value is -1.89. The van der Waals surface area contributed by atoms with Crippen LogP contribution < -0.4 is 0 Å². The molecule has 20 heavy (non-hydrogen) atoms. The van der Waals surface area contributed by atoms with Gasteiger partial charge in [0.2, 0.25) is 5.91 Å². The summed E-state index contributed by atoms with van der Waals surface area (Å²) >= 11 is 0. The fourth-order valence-corrected chi connectivity index (χ4v) is 3.14. The Balaban J connectivity index is 2.42. The Labute approximate surface area is 117 Å². The molecule has 0 aromatic heterocycles. The molecule has 0 spiro atoms. The van der Waals surface area contributed by atoms with E-state index in [2.05, 4.69) is 0 Å². The highest BCUT2D eigenvalue weighted by Gasteiger charge is 2.31. The zero-order valence-corrected chi connectivity index (χ0v) is 12.2. The fourth-order valence-electron chi connectivity index (χ4n) is 2.26. The highest BCUT2D eigenvalue weighted by Crippen LogP contribution is 2.21. The first-order valence-corrected chi connectivity index (χ1v) is 8.10. The molecule has 0 atom stereocenters. The lowest BCUT2D eigenvalue weighted by Crippen LogP contribution is -2.44. The quantitative estimate of drug-likeness (QED) is 0.805. The van der Waals surface area contributed by atoms with Gasteiger partial charge in [-0.25, -0.2) is 13.4 Å². The number of nitrogens with zero attached hydrogens (tertiary/aromatic N) is 2. The maximum absolute atomic E-state index is 12.5. The van der Waals surface area contributed by atoms with E-state index in [1.165, 1.54) is 29.1 Å². The SMILES string of the molecule is CC(=O)N1CCCN1C(=O)c1ccccc1S(C)(=O)=O. The third-order valence-electron chi connectivity index (χ3n) is 3.15. The molecule has 108 valence electrons. The second-order valence-corrected chi connectivity index (χ2v) is 6.68. The molecule has 2 rings (SSSR count). The first-order valence-electron chi connectivity index (χ1n) is 6.21. The molecule has 1 fully saturated rings. The molecule has 1 saturated heterocycles. The largest absolute Gasteiger partial charge is 0.273 e.